The number of benzene rings is 2. The Balaban J connectivity index is 1.79. The first-order chi connectivity index (χ1) is 11.2. The molecule has 1 N–H and O–H groups in total. The van der Waals surface area contributed by atoms with Crippen LogP contribution in [0.2, 0.25) is 0 Å². The summed E-state index contributed by atoms with van der Waals surface area (Å²) in [6.07, 6.45) is -0.844. The van der Waals surface area contributed by atoms with Gasteiger partial charge >= 0.3 is 6.03 Å². The molecule has 4 nitrogen and oxygen atoms in total. The van der Waals surface area contributed by atoms with Crippen LogP contribution in [0.3, 0.4) is 0 Å². The molecular weight excluding hydrogens is 308 g/mol. The predicted molar refractivity (Wildman–Crippen MR) is 93.0 cm³/mol. The molecular formula is C18H20N2O2S. The molecule has 3 rings (SSSR count). The van der Waals surface area contributed by atoms with E-state index in [4.69, 9.17) is 0 Å². The summed E-state index contributed by atoms with van der Waals surface area (Å²) in [7, 11) is 0. The molecule has 5 heteroatoms. The van der Waals surface area contributed by atoms with Gasteiger partial charge in [0.25, 0.3) is 0 Å². The van der Waals surface area contributed by atoms with Gasteiger partial charge in [0.15, 0.2) is 6.23 Å². The van der Waals surface area contributed by atoms with Crippen molar-refractivity contribution >= 4 is 18.7 Å². The normalized spacial score (nSPS) is 21.0. The van der Waals surface area contributed by atoms with Crippen LogP contribution in [0.1, 0.15) is 11.1 Å². The molecule has 2 amide bonds. The number of amides is 2. The smallest absolute Gasteiger partial charge is 0.323 e. The minimum absolute atomic E-state index is 0.149. The van der Waals surface area contributed by atoms with Crippen LogP contribution in [-0.4, -0.2) is 39.0 Å². The summed E-state index contributed by atoms with van der Waals surface area (Å²) in [6.45, 7) is 0.879. The largest absolute Gasteiger partial charge is 0.371 e. The first kappa shape index (κ1) is 15.9. The molecule has 1 fully saturated rings. The number of aliphatic hydroxyl groups is 1. The van der Waals surface area contributed by atoms with E-state index >= 15 is 0 Å². The van der Waals surface area contributed by atoms with Crippen molar-refractivity contribution < 1.29 is 9.90 Å². The Bertz CT molecular complexity index is 651. The average molecular weight is 328 g/mol. The van der Waals surface area contributed by atoms with Gasteiger partial charge in [-0.2, -0.15) is 12.6 Å². The molecule has 1 aliphatic heterocycles. The number of hydrogen-bond donors (Lipinski definition) is 2. The van der Waals surface area contributed by atoms with Crippen LogP contribution in [0.25, 0.3) is 0 Å². The lowest BCUT2D eigenvalue weighted by atomic mass is 10.2. The van der Waals surface area contributed by atoms with E-state index in [9.17, 15) is 9.90 Å². The third kappa shape index (κ3) is 3.35. The highest BCUT2D eigenvalue weighted by atomic mass is 32.1. The maximum atomic E-state index is 12.8. The van der Waals surface area contributed by atoms with Crippen LogP contribution in [-0.2, 0) is 13.1 Å². The Hall–Kier alpha value is -1.98. The van der Waals surface area contributed by atoms with Gasteiger partial charge in [0.1, 0.15) is 0 Å². The fourth-order valence-corrected chi connectivity index (χ4v) is 3.27. The van der Waals surface area contributed by atoms with Gasteiger partial charge in [-0.25, -0.2) is 4.79 Å². The number of nitrogens with zero attached hydrogens (tertiary/aromatic N) is 2. The summed E-state index contributed by atoms with van der Waals surface area (Å²) in [5.41, 5.74) is 2.04. The number of thiol groups is 1. The summed E-state index contributed by atoms with van der Waals surface area (Å²) in [5.74, 6) is 0.422. The highest BCUT2D eigenvalue weighted by Gasteiger charge is 2.43. The Morgan fingerprint density at radius 2 is 1.35 bits per heavy atom. The van der Waals surface area contributed by atoms with Crippen molar-refractivity contribution in [1.82, 2.24) is 9.80 Å². The molecule has 1 unspecified atom stereocenters. The van der Waals surface area contributed by atoms with Crippen LogP contribution in [0.4, 0.5) is 4.79 Å². The molecule has 0 saturated carbocycles. The van der Waals surface area contributed by atoms with E-state index in [2.05, 4.69) is 12.6 Å². The van der Waals surface area contributed by atoms with Crippen LogP contribution >= 0.6 is 12.6 Å². The molecule has 1 saturated heterocycles. The fraction of sp³-hybridized carbons (Fsp3) is 0.278. The van der Waals surface area contributed by atoms with E-state index in [1.807, 2.05) is 60.7 Å². The Kier molecular flexibility index (Phi) is 4.88. The second-order valence-electron chi connectivity index (χ2n) is 5.67. The molecule has 2 atom stereocenters. The molecule has 120 valence electrons. The van der Waals surface area contributed by atoms with Gasteiger partial charge in [0.2, 0.25) is 0 Å². The van der Waals surface area contributed by atoms with Gasteiger partial charge in [-0.1, -0.05) is 60.7 Å². The van der Waals surface area contributed by atoms with Crippen molar-refractivity contribution in [2.75, 3.05) is 5.75 Å². The van der Waals surface area contributed by atoms with E-state index in [0.29, 0.717) is 18.8 Å². The number of aliphatic hydroxyl groups excluding tert-OH is 1. The van der Waals surface area contributed by atoms with E-state index < -0.39 is 6.23 Å². The highest BCUT2D eigenvalue weighted by molar-refractivity contribution is 7.80. The van der Waals surface area contributed by atoms with Crippen LogP contribution in [0.5, 0.6) is 0 Å². The lowest BCUT2D eigenvalue weighted by molar-refractivity contribution is 0.0347. The third-order valence-corrected chi connectivity index (χ3v) is 4.51. The van der Waals surface area contributed by atoms with Gasteiger partial charge in [-0.15, -0.1) is 0 Å². The molecule has 2 aromatic carbocycles. The van der Waals surface area contributed by atoms with Gasteiger partial charge in [-0.05, 0) is 11.1 Å². The van der Waals surface area contributed by atoms with E-state index in [0.717, 1.165) is 11.1 Å². The number of rotatable bonds is 5. The minimum Gasteiger partial charge on any atom is -0.371 e. The molecule has 0 aromatic heterocycles. The Labute approximate surface area is 141 Å². The zero-order valence-corrected chi connectivity index (χ0v) is 13.6. The average Bonchev–Trinajstić information content (AvgIpc) is 2.81. The van der Waals surface area contributed by atoms with E-state index in [1.165, 1.54) is 4.90 Å². The maximum absolute atomic E-state index is 12.8. The SMILES string of the molecule is O=C1N(Cc2ccccc2)C(CS)[C@@H](O)N1Cc1ccccc1. The quantitative estimate of drug-likeness (QED) is 0.829. The lowest BCUT2D eigenvalue weighted by Crippen LogP contribution is -2.38. The van der Waals surface area contributed by atoms with Crippen LogP contribution in [0.15, 0.2) is 60.7 Å². The van der Waals surface area contributed by atoms with E-state index in [1.54, 1.807) is 4.90 Å². The molecule has 0 spiro atoms. The number of hydrogen-bond acceptors (Lipinski definition) is 3. The number of carbonyl (C=O) groups excluding carboxylic acids is 1. The Morgan fingerprint density at radius 3 is 1.83 bits per heavy atom. The second kappa shape index (κ2) is 7.06. The molecule has 0 radical (unpaired) electrons. The van der Waals surface area contributed by atoms with Gasteiger partial charge < -0.3 is 10.0 Å². The zero-order chi connectivity index (χ0) is 16.2. The standard InChI is InChI=1S/C18H20N2O2S/c21-17-16(13-23)19(11-14-7-3-1-4-8-14)18(22)20(17)12-15-9-5-2-6-10-15/h1-10,16-17,21,23H,11-13H2/t16?,17-/m1/s1. The maximum Gasteiger partial charge on any atom is 0.323 e. The lowest BCUT2D eigenvalue weighted by Gasteiger charge is -2.22. The first-order valence-corrected chi connectivity index (χ1v) is 8.28. The molecule has 2 aromatic rings. The van der Waals surface area contributed by atoms with Crippen LogP contribution in [0, 0.1) is 0 Å². The van der Waals surface area contributed by atoms with Crippen molar-refractivity contribution in [2.45, 2.75) is 25.4 Å². The molecule has 0 aliphatic carbocycles. The van der Waals surface area contributed by atoms with Crippen LogP contribution < -0.4 is 0 Å². The van der Waals surface area contributed by atoms with Gasteiger partial charge in [0.05, 0.1) is 12.6 Å². The first-order valence-electron chi connectivity index (χ1n) is 7.64. The van der Waals surface area contributed by atoms with Crippen molar-refractivity contribution in [2.24, 2.45) is 0 Å². The van der Waals surface area contributed by atoms with Crippen molar-refractivity contribution in [3.05, 3.63) is 71.8 Å². The summed E-state index contributed by atoms with van der Waals surface area (Å²) < 4.78 is 0. The highest BCUT2D eigenvalue weighted by Crippen LogP contribution is 2.26. The van der Waals surface area contributed by atoms with E-state index in [-0.39, 0.29) is 12.1 Å². The summed E-state index contributed by atoms with van der Waals surface area (Å²) in [5, 5.41) is 10.5. The van der Waals surface area contributed by atoms with Gasteiger partial charge in [0, 0.05) is 12.3 Å². The van der Waals surface area contributed by atoms with Crippen molar-refractivity contribution in [1.29, 1.82) is 0 Å². The summed E-state index contributed by atoms with van der Waals surface area (Å²) in [6, 6.07) is 19.0. The number of urea groups is 1. The topological polar surface area (TPSA) is 43.8 Å². The Morgan fingerprint density at radius 1 is 0.870 bits per heavy atom. The molecule has 1 aliphatic rings. The number of carbonyl (C=O) groups is 1. The fourth-order valence-electron chi connectivity index (χ4n) is 2.89. The molecule has 0 bridgehead atoms. The van der Waals surface area contributed by atoms with Crippen molar-refractivity contribution in [3.8, 4) is 0 Å². The summed E-state index contributed by atoms with van der Waals surface area (Å²) >= 11 is 4.33. The predicted octanol–water partition coefficient (Wildman–Crippen LogP) is 2.74. The summed E-state index contributed by atoms with van der Waals surface area (Å²) in [4.78, 5) is 16.0. The third-order valence-electron chi connectivity index (χ3n) is 4.13. The monoisotopic (exact) mass is 328 g/mol. The zero-order valence-electron chi connectivity index (χ0n) is 12.7. The second-order valence-corrected chi connectivity index (χ2v) is 6.04. The minimum atomic E-state index is -0.844. The van der Waals surface area contributed by atoms with Gasteiger partial charge in [-0.3, -0.25) is 4.90 Å². The van der Waals surface area contributed by atoms with Crippen molar-refractivity contribution in [3.63, 3.8) is 0 Å². The molecule has 1 heterocycles. The molecule has 23 heavy (non-hydrogen) atoms.